The summed E-state index contributed by atoms with van der Waals surface area (Å²) in [6, 6.07) is 11.5. The molecule has 0 fully saturated rings. The van der Waals surface area contributed by atoms with Gasteiger partial charge in [0.25, 0.3) is 5.91 Å². The van der Waals surface area contributed by atoms with E-state index in [1.807, 2.05) is 57.2 Å². The van der Waals surface area contributed by atoms with Crippen molar-refractivity contribution in [2.24, 2.45) is 0 Å². The molecule has 1 amide bonds. The lowest BCUT2D eigenvalue weighted by Gasteiger charge is -2.21. The third-order valence-corrected chi connectivity index (χ3v) is 5.19. The van der Waals surface area contributed by atoms with E-state index in [-0.39, 0.29) is 12.5 Å². The Balaban J connectivity index is 1.63. The van der Waals surface area contributed by atoms with Gasteiger partial charge in [-0.05, 0) is 51.0 Å². The molecule has 0 radical (unpaired) electrons. The van der Waals surface area contributed by atoms with Crippen molar-refractivity contribution in [3.05, 3.63) is 64.0 Å². The summed E-state index contributed by atoms with van der Waals surface area (Å²) in [5, 5.41) is 4.70. The van der Waals surface area contributed by atoms with Crippen LogP contribution in [0.15, 0.2) is 40.9 Å². The van der Waals surface area contributed by atoms with Crippen LogP contribution in [-0.2, 0) is 11.3 Å². The summed E-state index contributed by atoms with van der Waals surface area (Å²) >= 11 is 6.19. The van der Waals surface area contributed by atoms with E-state index in [2.05, 4.69) is 10.1 Å². The van der Waals surface area contributed by atoms with E-state index in [1.54, 1.807) is 14.0 Å². The van der Waals surface area contributed by atoms with E-state index in [0.717, 1.165) is 22.3 Å². The van der Waals surface area contributed by atoms with Crippen molar-refractivity contribution in [1.29, 1.82) is 0 Å². The number of likely N-dealkylation sites (N-methyl/N-ethyl adjacent to an activating group) is 1. The van der Waals surface area contributed by atoms with Crippen LogP contribution in [0.25, 0.3) is 11.4 Å². The highest BCUT2D eigenvalue weighted by Crippen LogP contribution is 2.26. The molecule has 1 unspecified atom stereocenters. The van der Waals surface area contributed by atoms with E-state index in [0.29, 0.717) is 22.5 Å². The minimum absolute atomic E-state index is 0.189. The largest absolute Gasteiger partial charge is 0.481 e. The number of hydrogen-bond acceptors (Lipinski definition) is 5. The third kappa shape index (κ3) is 4.95. The van der Waals surface area contributed by atoms with Crippen LogP contribution in [0.3, 0.4) is 0 Å². The van der Waals surface area contributed by atoms with Gasteiger partial charge in [0.15, 0.2) is 6.10 Å². The first-order valence-electron chi connectivity index (χ1n) is 9.32. The summed E-state index contributed by atoms with van der Waals surface area (Å²) in [7, 11) is 1.68. The molecule has 1 atom stereocenters. The number of halogens is 1. The summed E-state index contributed by atoms with van der Waals surface area (Å²) in [4.78, 5) is 18.6. The van der Waals surface area contributed by atoms with Crippen LogP contribution in [0.2, 0.25) is 5.02 Å². The number of rotatable bonds is 6. The number of carbonyl (C=O) groups is 1. The molecule has 3 aromatic rings. The Morgan fingerprint density at radius 2 is 1.79 bits per heavy atom. The molecule has 0 aliphatic heterocycles. The first kappa shape index (κ1) is 20.9. The Morgan fingerprint density at radius 1 is 1.17 bits per heavy atom. The molecule has 0 N–H and O–H groups in total. The first-order chi connectivity index (χ1) is 13.7. The van der Waals surface area contributed by atoms with Gasteiger partial charge in [0, 0.05) is 17.6 Å². The molecule has 152 valence electrons. The number of aromatic nitrogens is 2. The predicted molar refractivity (Wildman–Crippen MR) is 112 cm³/mol. The van der Waals surface area contributed by atoms with Crippen molar-refractivity contribution in [3.8, 4) is 17.1 Å². The molecule has 3 rings (SSSR count). The van der Waals surface area contributed by atoms with Gasteiger partial charge in [0.05, 0.1) is 6.54 Å². The zero-order chi connectivity index (χ0) is 21.1. The Hall–Kier alpha value is -2.86. The fourth-order valence-electron chi connectivity index (χ4n) is 2.96. The highest BCUT2D eigenvalue weighted by molar-refractivity contribution is 6.32. The molecule has 1 aromatic heterocycles. The van der Waals surface area contributed by atoms with Gasteiger partial charge < -0.3 is 14.2 Å². The Bertz CT molecular complexity index is 991. The summed E-state index contributed by atoms with van der Waals surface area (Å²) < 4.78 is 11.1. The number of aryl methyl sites for hydroxylation is 3. The zero-order valence-corrected chi connectivity index (χ0v) is 17.9. The third-order valence-electron chi connectivity index (χ3n) is 4.60. The van der Waals surface area contributed by atoms with E-state index in [1.165, 1.54) is 4.90 Å². The van der Waals surface area contributed by atoms with E-state index >= 15 is 0 Å². The van der Waals surface area contributed by atoms with Crippen molar-refractivity contribution >= 4 is 17.5 Å². The van der Waals surface area contributed by atoms with Crippen molar-refractivity contribution in [2.45, 2.75) is 40.3 Å². The normalized spacial score (nSPS) is 11.9. The number of ether oxygens (including phenoxy) is 1. The monoisotopic (exact) mass is 413 g/mol. The topological polar surface area (TPSA) is 68.5 Å². The van der Waals surface area contributed by atoms with Crippen molar-refractivity contribution in [1.82, 2.24) is 15.0 Å². The fraction of sp³-hybridized carbons (Fsp3) is 0.318. The molecule has 0 aliphatic carbocycles. The maximum absolute atomic E-state index is 12.7. The minimum Gasteiger partial charge on any atom is -0.481 e. The molecular weight excluding hydrogens is 390 g/mol. The molecule has 7 heteroatoms. The summed E-state index contributed by atoms with van der Waals surface area (Å²) in [5.41, 5.74) is 3.83. The van der Waals surface area contributed by atoms with Gasteiger partial charge in [-0.2, -0.15) is 4.98 Å². The predicted octanol–water partition coefficient (Wildman–Crippen LogP) is 4.74. The molecule has 0 spiro atoms. The molecule has 0 saturated carbocycles. The smallest absolute Gasteiger partial charge is 0.263 e. The molecule has 0 saturated heterocycles. The minimum atomic E-state index is -0.667. The van der Waals surface area contributed by atoms with Gasteiger partial charge in [-0.1, -0.05) is 46.6 Å². The van der Waals surface area contributed by atoms with Crippen molar-refractivity contribution in [2.75, 3.05) is 7.05 Å². The SMILES string of the molecule is Cc1ccc(-c2noc(CN(C)C(=O)C(C)Oc3cc(C)c(Cl)c(C)c3)n2)cc1. The average Bonchev–Trinajstić information content (AvgIpc) is 3.14. The van der Waals surface area contributed by atoms with E-state index in [9.17, 15) is 4.79 Å². The number of nitrogens with zero attached hydrogens (tertiary/aromatic N) is 3. The molecule has 1 heterocycles. The second kappa shape index (κ2) is 8.66. The van der Waals surface area contributed by atoms with Crippen LogP contribution in [0.4, 0.5) is 0 Å². The summed E-state index contributed by atoms with van der Waals surface area (Å²) in [6.07, 6.45) is -0.667. The second-order valence-corrected chi connectivity index (χ2v) is 7.58. The Morgan fingerprint density at radius 3 is 2.41 bits per heavy atom. The quantitative estimate of drug-likeness (QED) is 0.583. The lowest BCUT2D eigenvalue weighted by molar-refractivity contribution is -0.137. The zero-order valence-electron chi connectivity index (χ0n) is 17.2. The maximum atomic E-state index is 12.7. The Labute approximate surface area is 175 Å². The number of amides is 1. The van der Waals surface area contributed by atoms with Gasteiger partial charge in [0.2, 0.25) is 11.7 Å². The van der Waals surface area contributed by atoms with Crippen molar-refractivity contribution < 1.29 is 14.1 Å². The van der Waals surface area contributed by atoms with Gasteiger partial charge in [-0.25, -0.2) is 0 Å². The van der Waals surface area contributed by atoms with Gasteiger partial charge in [-0.3, -0.25) is 4.79 Å². The lowest BCUT2D eigenvalue weighted by Crippen LogP contribution is -2.37. The fourth-order valence-corrected chi connectivity index (χ4v) is 3.07. The summed E-state index contributed by atoms with van der Waals surface area (Å²) in [5.74, 6) is 1.28. The first-order valence-corrected chi connectivity index (χ1v) is 9.70. The maximum Gasteiger partial charge on any atom is 0.263 e. The molecule has 0 bridgehead atoms. The standard InChI is InChI=1S/C22H24ClN3O3/c1-13-6-8-17(9-7-13)21-24-19(29-25-21)12-26(5)22(27)16(4)28-18-10-14(2)20(23)15(3)11-18/h6-11,16H,12H2,1-5H3. The average molecular weight is 414 g/mol. The number of hydrogen-bond donors (Lipinski definition) is 0. The molecule has 29 heavy (non-hydrogen) atoms. The second-order valence-electron chi connectivity index (χ2n) is 7.20. The van der Waals surface area contributed by atoms with Crippen LogP contribution in [-0.4, -0.2) is 34.1 Å². The highest BCUT2D eigenvalue weighted by atomic mass is 35.5. The molecule has 0 aliphatic rings. The van der Waals surface area contributed by atoms with E-state index < -0.39 is 6.10 Å². The highest BCUT2D eigenvalue weighted by Gasteiger charge is 2.22. The van der Waals surface area contributed by atoms with Gasteiger partial charge >= 0.3 is 0 Å². The van der Waals surface area contributed by atoms with E-state index in [4.69, 9.17) is 20.9 Å². The van der Waals surface area contributed by atoms with Crippen LogP contribution in [0.1, 0.15) is 29.5 Å². The Kier molecular flexibility index (Phi) is 6.23. The molecule has 2 aromatic carbocycles. The number of carbonyl (C=O) groups excluding carboxylic acids is 1. The van der Waals surface area contributed by atoms with Crippen LogP contribution >= 0.6 is 11.6 Å². The van der Waals surface area contributed by atoms with Crippen LogP contribution in [0.5, 0.6) is 5.75 Å². The van der Waals surface area contributed by atoms with Crippen LogP contribution in [0, 0.1) is 20.8 Å². The van der Waals surface area contributed by atoms with Gasteiger partial charge in [0.1, 0.15) is 5.75 Å². The van der Waals surface area contributed by atoms with Crippen molar-refractivity contribution in [3.63, 3.8) is 0 Å². The molecular formula is C22H24ClN3O3. The molecule has 6 nitrogen and oxygen atoms in total. The number of benzene rings is 2. The lowest BCUT2D eigenvalue weighted by atomic mass is 10.1. The summed E-state index contributed by atoms with van der Waals surface area (Å²) in [6.45, 7) is 7.74. The van der Waals surface area contributed by atoms with Gasteiger partial charge in [-0.15, -0.1) is 0 Å². The van der Waals surface area contributed by atoms with Crippen LogP contribution < -0.4 is 4.74 Å².